The van der Waals surface area contributed by atoms with Gasteiger partial charge in [0, 0.05) is 30.2 Å². The van der Waals surface area contributed by atoms with E-state index < -0.39 is 0 Å². The SMILES string of the molecule is CNc1cccc(Cc2ccc3ccccc3n2)n1. The molecule has 2 aromatic heterocycles. The minimum atomic E-state index is 0.750. The predicted molar refractivity (Wildman–Crippen MR) is 78.3 cm³/mol. The molecule has 3 rings (SSSR count). The molecule has 19 heavy (non-hydrogen) atoms. The number of nitrogens with zero attached hydrogens (tertiary/aromatic N) is 2. The Morgan fingerprint density at radius 3 is 2.58 bits per heavy atom. The minimum absolute atomic E-state index is 0.750. The quantitative estimate of drug-likeness (QED) is 0.774. The first kappa shape index (κ1) is 11.7. The number of benzene rings is 1. The summed E-state index contributed by atoms with van der Waals surface area (Å²) in [5.41, 5.74) is 3.10. The van der Waals surface area contributed by atoms with Gasteiger partial charge in [0.15, 0.2) is 0 Å². The Bertz CT molecular complexity index is 707. The molecule has 0 aliphatic rings. The number of aromatic nitrogens is 2. The van der Waals surface area contributed by atoms with E-state index in [-0.39, 0.29) is 0 Å². The zero-order chi connectivity index (χ0) is 13.1. The molecular formula is C16H15N3. The summed E-state index contributed by atoms with van der Waals surface area (Å²) in [6.45, 7) is 0. The summed E-state index contributed by atoms with van der Waals surface area (Å²) >= 11 is 0. The summed E-state index contributed by atoms with van der Waals surface area (Å²) in [6, 6.07) is 18.3. The highest BCUT2D eigenvalue weighted by molar-refractivity contribution is 5.78. The van der Waals surface area contributed by atoms with Crippen molar-refractivity contribution in [3.05, 3.63) is 66.0 Å². The fourth-order valence-corrected chi connectivity index (χ4v) is 2.11. The van der Waals surface area contributed by atoms with Gasteiger partial charge < -0.3 is 5.32 Å². The molecule has 0 fully saturated rings. The van der Waals surface area contributed by atoms with Crippen molar-refractivity contribution >= 4 is 16.7 Å². The van der Waals surface area contributed by atoms with Crippen LogP contribution in [0.4, 0.5) is 5.82 Å². The van der Waals surface area contributed by atoms with E-state index in [1.54, 1.807) is 0 Å². The Hall–Kier alpha value is -2.42. The number of para-hydroxylation sites is 1. The lowest BCUT2D eigenvalue weighted by Gasteiger charge is -2.05. The van der Waals surface area contributed by atoms with Crippen LogP contribution in [0.25, 0.3) is 10.9 Å². The van der Waals surface area contributed by atoms with Crippen molar-refractivity contribution in [1.29, 1.82) is 0 Å². The second-order valence-corrected chi connectivity index (χ2v) is 4.44. The zero-order valence-corrected chi connectivity index (χ0v) is 10.8. The van der Waals surface area contributed by atoms with Crippen molar-refractivity contribution < 1.29 is 0 Å². The van der Waals surface area contributed by atoms with E-state index in [9.17, 15) is 0 Å². The Morgan fingerprint density at radius 1 is 0.842 bits per heavy atom. The van der Waals surface area contributed by atoms with Crippen LogP contribution in [0, 0.1) is 0 Å². The number of anilines is 1. The first-order valence-electron chi connectivity index (χ1n) is 6.33. The molecule has 0 saturated heterocycles. The lowest BCUT2D eigenvalue weighted by atomic mass is 10.1. The zero-order valence-electron chi connectivity index (χ0n) is 10.8. The molecular weight excluding hydrogens is 234 g/mol. The van der Waals surface area contributed by atoms with Gasteiger partial charge in [-0.1, -0.05) is 30.3 Å². The highest BCUT2D eigenvalue weighted by atomic mass is 15.0. The fourth-order valence-electron chi connectivity index (χ4n) is 2.11. The molecule has 0 amide bonds. The third-order valence-electron chi connectivity index (χ3n) is 3.08. The summed E-state index contributed by atoms with van der Waals surface area (Å²) in [4.78, 5) is 9.18. The average Bonchev–Trinajstić information content (AvgIpc) is 2.47. The Balaban J connectivity index is 1.92. The Labute approximate surface area is 112 Å². The molecule has 0 aliphatic carbocycles. The van der Waals surface area contributed by atoms with Crippen molar-refractivity contribution in [3.8, 4) is 0 Å². The molecule has 0 aliphatic heterocycles. The number of fused-ring (bicyclic) bond motifs is 1. The molecule has 1 N–H and O–H groups in total. The van der Waals surface area contributed by atoms with Gasteiger partial charge in [0.05, 0.1) is 5.52 Å². The molecule has 2 heterocycles. The van der Waals surface area contributed by atoms with E-state index >= 15 is 0 Å². The van der Waals surface area contributed by atoms with Gasteiger partial charge in [0.2, 0.25) is 0 Å². The molecule has 0 spiro atoms. The molecule has 0 atom stereocenters. The molecule has 1 aromatic carbocycles. The summed E-state index contributed by atoms with van der Waals surface area (Å²) in [5.74, 6) is 0.887. The van der Waals surface area contributed by atoms with Crippen LogP contribution in [-0.4, -0.2) is 17.0 Å². The van der Waals surface area contributed by atoms with Crippen molar-refractivity contribution in [2.24, 2.45) is 0 Å². The first-order chi connectivity index (χ1) is 9.35. The van der Waals surface area contributed by atoms with Gasteiger partial charge in [-0.25, -0.2) is 4.98 Å². The monoisotopic (exact) mass is 249 g/mol. The van der Waals surface area contributed by atoms with Gasteiger partial charge in [-0.2, -0.15) is 0 Å². The van der Waals surface area contributed by atoms with Crippen LogP contribution in [0.1, 0.15) is 11.4 Å². The van der Waals surface area contributed by atoms with E-state index in [2.05, 4.69) is 33.5 Å². The highest BCUT2D eigenvalue weighted by Gasteiger charge is 2.02. The van der Waals surface area contributed by atoms with Crippen LogP contribution >= 0.6 is 0 Å². The summed E-state index contributed by atoms with van der Waals surface area (Å²) < 4.78 is 0. The largest absolute Gasteiger partial charge is 0.373 e. The van der Waals surface area contributed by atoms with Crippen LogP contribution in [-0.2, 0) is 6.42 Å². The number of nitrogens with one attached hydrogen (secondary N) is 1. The second kappa shape index (κ2) is 5.06. The molecule has 3 nitrogen and oxygen atoms in total. The maximum atomic E-state index is 4.67. The van der Waals surface area contributed by atoms with Gasteiger partial charge >= 0.3 is 0 Å². The van der Waals surface area contributed by atoms with Crippen LogP contribution in [0.15, 0.2) is 54.6 Å². The minimum Gasteiger partial charge on any atom is -0.373 e. The van der Waals surface area contributed by atoms with Gasteiger partial charge in [0.1, 0.15) is 5.82 Å². The maximum absolute atomic E-state index is 4.67. The number of rotatable bonds is 3. The fraction of sp³-hybridized carbons (Fsp3) is 0.125. The van der Waals surface area contributed by atoms with Crippen LogP contribution in [0.5, 0.6) is 0 Å². The van der Waals surface area contributed by atoms with Gasteiger partial charge in [-0.05, 0) is 24.3 Å². The van der Waals surface area contributed by atoms with Crippen molar-refractivity contribution in [1.82, 2.24) is 9.97 Å². The van der Waals surface area contributed by atoms with E-state index in [1.165, 1.54) is 5.39 Å². The average molecular weight is 249 g/mol. The number of hydrogen-bond acceptors (Lipinski definition) is 3. The second-order valence-electron chi connectivity index (χ2n) is 4.44. The third kappa shape index (κ3) is 2.55. The summed E-state index contributed by atoms with van der Waals surface area (Å²) in [7, 11) is 1.88. The maximum Gasteiger partial charge on any atom is 0.125 e. The van der Waals surface area contributed by atoms with Crippen molar-refractivity contribution in [3.63, 3.8) is 0 Å². The van der Waals surface area contributed by atoms with E-state index in [1.807, 2.05) is 43.4 Å². The molecule has 94 valence electrons. The van der Waals surface area contributed by atoms with Crippen LogP contribution in [0.2, 0.25) is 0 Å². The van der Waals surface area contributed by atoms with E-state index in [4.69, 9.17) is 0 Å². The number of pyridine rings is 2. The Morgan fingerprint density at radius 2 is 1.68 bits per heavy atom. The third-order valence-corrected chi connectivity index (χ3v) is 3.08. The normalized spacial score (nSPS) is 10.6. The van der Waals surface area contributed by atoms with Crippen molar-refractivity contribution in [2.45, 2.75) is 6.42 Å². The van der Waals surface area contributed by atoms with Gasteiger partial charge in [-0.15, -0.1) is 0 Å². The topological polar surface area (TPSA) is 37.8 Å². The molecule has 3 heteroatoms. The van der Waals surface area contributed by atoms with Gasteiger partial charge in [-0.3, -0.25) is 4.98 Å². The van der Waals surface area contributed by atoms with Crippen molar-refractivity contribution in [2.75, 3.05) is 12.4 Å². The lowest BCUT2D eigenvalue weighted by molar-refractivity contribution is 1.03. The summed E-state index contributed by atoms with van der Waals surface area (Å²) in [6.07, 6.45) is 0.750. The van der Waals surface area contributed by atoms with E-state index in [0.717, 1.165) is 29.1 Å². The smallest absolute Gasteiger partial charge is 0.125 e. The predicted octanol–water partition coefficient (Wildman–Crippen LogP) is 3.26. The van der Waals surface area contributed by atoms with Gasteiger partial charge in [0.25, 0.3) is 0 Å². The lowest BCUT2D eigenvalue weighted by Crippen LogP contribution is -1.98. The van der Waals surface area contributed by atoms with E-state index in [0.29, 0.717) is 0 Å². The first-order valence-corrected chi connectivity index (χ1v) is 6.33. The molecule has 0 radical (unpaired) electrons. The standard InChI is InChI=1S/C16H15N3/c1-17-16-8-4-6-13(19-16)11-14-10-9-12-5-2-3-7-15(12)18-14/h2-10H,11H2,1H3,(H,17,19). The molecule has 0 unspecified atom stereocenters. The highest BCUT2D eigenvalue weighted by Crippen LogP contribution is 2.14. The molecule has 0 saturated carbocycles. The Kier molecular flexibility index (Phi) is 3.11. The molecule has 3 aromatic rings. The number of hydrogen-bond donors (Lipinski definition) is 1. The van der Waals surface area contributed by atoms with Crippen LogP contribution < -0.4 is 5.32 Å². The van der Waals surface area contributed by atoms with Crippen LogP contribution in [0.3, 0.4) is 0 Å². The summed E-state index contributed by atoms with van der Waals surface area (Å²) in [5, 5.41) is 4.22. The molecule has 0 bridgehead atoms.